The molecule has 6 nitrogen and oxygen atoms in total. The van der Waals surface area contributed by atoms with Crippen LogP contribution in [0.3, 0.4) is 0 Å². The van der Waals surface area contributed by atoms with Crippen LogP contribution in [-0.4, -0.2) is 18.2 Å². The van der Waals surface area contributed by atoms with E-state index in [9.17, 15) is 14.9 Å². The van der Waals surface area contributed by atoms with Gasteiger partial charge in [-0.25, -0.2) is 4.79 Å². The molecule has 0 amide bonds. The Morgan fingerprint density at radius 2 is 2.04 bits per heavy atom. The second kappa shape index (κ2) is 6.02. The lowest BCUT2D eigenvalue weighted by atomic mass is 9.62. The molecule has 1 aliphatic carbocycles. The molecule has 6 heteroatoms. The van der Waals surface area contributed by atoms with E-state index in [2.05, 4.69) is 37.7 Å². The van der Waals surface area contributed by atoms with Gasteiger partial charge in [0.25, 0.3) is 5.69 Å². The van der Waals surface area contributed by atoms with Gasteiger partial charge in [0.15, 0.2) is 0 Å². The van der Waals surface area contributed by atoms with E-state index in [1.165, 1.54) is 13.2 Å². The summed E-state index contributed by atoms with van der Waals surface area (Å²) >= 11 is 0. The maximum atomic E-state index is 11.6. The first-order chi connectivity index (χ1) is 10.7. The molecule has 0 radical (unpaired) electrons. The summed E-state index contributed by atoms with van der Waals surface area (Å²) in [4.78, 5) is 22.3. The lowest BCUT2D eigenvalue weighted by Gasteiger charge is -2.41. The normalized spacial score (nSPS) is 20.3. The van der Waals surface area contributed by atoms with Gasteiger partial charge in [-0.1, -0.05) is 32.9 Å². The molecule has 0 bridgehead atoms. The third kappa shape index (κ3) is 3.06. The lowest BCUT2D eigenvalue weighted by Crippen LogP contribution is -2.37. The molecule has 0 aliphatic heterocycles. The first kappa shape index (κ1) is 17.0. The Labute approximate surface area is 135 Å². The molecule has 1 aliphatic rings. The third-order valence-corrected chi connectivity index (χ3v) is 4.46. The average molecular weight is 319 g/mol. The van der Waals surface area contributed by atoms with Crippen molar-refractivity contribution in [2.45, 2.75) is 39.0 Å². The molecule has 23 heavy (non-hydrogen) atoms. The summed E-state index contributed by atoms with van der Waals surface area (Å²) in [5, 5.41) is 11.6. The topological polar surface area (TPSA) is 78.7 Å². The minimum Gasteiger partial charge on any atom is -0.437 e. The number of carbonyl (C=O) groups is 1. The fourth-order valence-electron chi connectivity index (χ4n) is 3.17. The van der Waals surface area contributed by atoms with Crippen LogP contribution < -0.4 is 4.74 Å². The standard InChI is InChI=1S/C17H21NO5/c1-16(2,3)17(9-5-6-10-17)13-8-7-12(23-15(19)22-4)11-14(13)18(20)21/h5,7-9,11H,6,10H2,1-4H3. The van der Waals surface area contributed by atoms with Gasteiger partial charge in [-0.15, -0.1) is 0 Å². The maximum Gasteiger partial charge on any atom is 0.513 e. The summed E-state index contributed by atoms with van der Waals surface area (Å²) in [6.45, 7) is 6.22. The number of nitro benzene ring substituents is 1. The number of nitrogens with zero attached hydrogens (tertiary/aromatic N) is 1. The second-order valence-electron chi connectivity index (χ2n) is 6.65. The Hall–Kier alpha value is -2.37. The van der Waals surface area contributed by atoms with Crippen molar-refractivity contribution < 1.29 is 19.2 Å². The molecule has 0 N–H and O–H groups in total. The van der Waals surface area contributed by atoms with Gasteiger partial charge in [0.1, 0.15) is 5.75 Å². The van der Waals surface area contributed by atoms with E-state index in [4.69, 9.17) is 4.74 Å². The van der Waals surface area contributed by atoms with Crippen LogP contribution in [0.25, 0.3) is 0 Å². The van der Waals surface area contributed by atoms with Crippen LogP contribution in [0, 0.1) is 15.5 Å². The Morgan fingerprint density at radius 3 is 2.52 bits per heavy atom. The van der Waals surface area contributed by atoms with Crippen molar-refractivity contribution in [3.63, 3.8) is 0 Å². The molecule has 0 aromatic heterocycles. The molecule has 0 saturated heterocycles. The summed E-state index contributed by atoms with van der Waals surface area (Å²) < 4.78 is 9.32. The van der Waals surface area contributed by atoms with Gasteiger partial charge < -0.3 is 9.47 Å². The number of ether oxygens (including phenoxy) is 2. The fraction of sp³-hybridized carbons (Fsp3) is 0.471. The highest BCUT2D eigenvalue weighted by Gasteiger charge is 2.46. The molecule has 0 heterocycles. The summed E-state index contributed by atoms with van der Waals surface area (Å²) in [6.07, 6.45) is 4.92. The van der Waals surface area contributed by atoms with Crippen molar-refractivity contribution in [2.24, 2.45) is 5.41 Å². The zero-order valence-corrected chi connectivity index (χ0v) is 13.8. The maximum absolute atomic E-state index is 11.6. The van der Waals surface area contributed by atoms with Crippen molar-refractivity contribution in [1.82, 2.24) is 0 Å². The number of carbonyl (C=O) groups excluding carboxylic acids is 1. The molecule has 2 rings (SSSR count). The van der Waals surface area contributed by atoms with Gasteiger partial charge in [-0.05, 0) is 30.4 Å². The van der Waals surface area contributed by atoms with Gasteiger partial charge in [0.2, 0.25) is 0 Å². The van der Waals surface area contributed by atoms with Gasteiger partial charge in [0.05, 0.1) is 18.1 Å². The highest BCUT2D eigenvalue weighted by Crippen LogP contribution is 2.52. The second-order valence-corrected chi connectivity index (χ2v) is 6.65. The molecule has 1 aromatic rings. The predicted molar refractivity (Wildman–Crippen MR) is 85.6 cm³/mol. The summed E-state index contributed by atoms with van der Waals surface area (Å²) in [5.74, 6) is 0.0957. The zero-order chi connectivity index (χ0) is 17.3. The molecule has 124 valence electrons. The van der Waals surface area contributed by atoms with Crippen LogP contribution in [0.5, 0.6) is 5.75 Å². The Bertz CT molecular complexity index is 659. The highest BCUT2D eigenvalue weighted by atomic mass is 16.7. The average Bonchev–Trinajstić information content (AvgIpc) is 2.97. The Balaban J connectivity index is 2.56. The van der Waals surface area contributed by atoms with Crippen molar-refractivity contribution in [3.8, 4) is 5.75 Å². The minimum absolute atomic E-state index is 0.0483. The van der Waals surface area contributed by atoms with Crippen molar-refractivity contribution >= 4 is 11.8 Å². The number of methoxy groups -OCH3 is 1. The smallest absolute Gasteiger partial charge is 0.437 e. The van der Waals surface area contributed by atoms with E-state index < -0.39 is 16.5 Å². The number of hydrogen-bond acceptors (Lipinski definition) is 5. The van der Waals surface area contributed by atoms with E-state index in [0.29, 0.717) is 5.56 Å². The molecular formula is C17H21NO5. The first-order valence-electron chi connectivity index (χ1n) is 7.44. The molecule has 0 spiro atoms. The van der Waals surface area contributed by atoms with Gasteiger partial charge >= 0.3 is 6.16 Å². The molecule has 0 saturated carbocycles. The van der Waals surface area contributed by atoms with Gasteiger partial charge in [0, 0.05) is 11.0 Å². The Morgan fingerprint density at radius 1 is 1.35 bits per heavy atom. The number of allylic oxidation sites excluding steroid dienone is 2. The third-order valence-electron chi connectivity index (χ3n) is 4.46. The number of nitro groups is 1. The molecule has 1 aromatic carbocycles. The highest BCUT2D eigenvalue weighted by molar-refractivity contribution is 5.65. The van der Waals surface area contributed by atoms with Crippen LogP contribution >= 0.6 is 0 Å². The SMILES string of the molecule is COC(=O)Oc1ccc(C2(C(C)(C)C)C=CCC2)c([N+](=O)[O-])c1. The first-order valence-corrected chi connectivity index (χ1v) is 7.44. The van der Waals surface area contributed by atoms with Crippen LogP contribution in [0.2, 0.25) is 0 Å². The molecule has 1 unspecified atom stereocenters. The van der Waals surface area contributed by atoms with Crippen LogP contribution in [-0.2, 0) is 10.2 Å². The Kier molecular flexibility index (Phi) is 4.45. The van der Waals surface area contributed by atoms with Crippen molar-refractivity contribution in [2.75, 3.05) is 7.11 Å². The number of benzene rings is 1. The zero-order valence-electron chi connectivity index (χ0n) is 13.8. The van der Waals surface area contributed by atoms with Crippen LogP contribution in [0.4, 0.5) is 10.5 Å². The number of rotatable bonds is 3. The van der Waals surface area contributed by atoms with Crippen LogP contribution in [0.15, 0.2) is 30.4 Å². The van der Waals surface area contributed by atoms with E-state index >= 15 is 0 Å². The van der Waals surface area contributed by atoms with Crippen molar-refractivity contribution in [3.05, 3.63) is 46.0 Å². The summed E-state index contributed by atoms with van der Waals surface area (Å²) in [5.41, 5.74) is -0.0110. The van der Waals surface area contributed by atoms with E-state index in [0.717, 1.165) is 12.8 Å². The fourth-order valence-corrected chi connectivity index (χ4v) is 3.17. The molecule has 0 fully saturated rings. The van der Waals surface area contributed by atoms with Crippen LogP contribution in [0.1, 0.15) is 39.2 Å². The lowest BCUT2D eigenvalue weighted by molar-refractivity contribution is -0.386. The van der Waals surface area contributed by atoms with Gasteiger partial charge in [-0.2, -0.15) is 0 Å². The summed E-state index contributed by atoms with van der Waals surface area (Å²) in [7, 11) is 1.18. The summed E-state index contributed by atoms with van der Waals surface area (Å²) in [6, 6.07) is 4.53. The molecule has 1 atom stereocenters. The quantitative estimate of drug-likeness (QED) is 0.272. The molecular weight excluding hydrogens is 298 g/mol. The van der Waals surface area contributed by atoms with E-state index in [1.54, 1.807) is 12.1 Å². The van der Waals surface area contributed by atoms with E-state index in [1.807, 2.05) is 0 Å². The monoisotopic (exact) mass is 319 g/mol. The minimum atomic E-state index is -0.904. The van der Waals surface area contributed by atoms with Crippen molar-refractivity contribution in [1.29, 1.82) is 0 Å². The largest absolute Gasteiger partial charge is 0.513 e. The van der Waals surface area contributed by atoms with Gasteiger partial charge in [-0.3, -0.25) is 10.1 Å². The number of hydrogen-bond donors (Lipinski definition) is 0. The van der Waals surface area contributed by atoms with E-state index in [-0.39, 0.29) is 16.9 Å². The predicted octanol–water partition coefficient (Wildman–Crippen LogP) is 4.37.